The molecule has 9 heteroatoms. The maximum atomic E-state index is 12.3. The number of anilines is 3. The minimum atomic E-state index is -0.366. The number of H-pyrrole nitrogens is 1. The van der Waals surface area contributed by atoms with Crippen molar-refractivity contribution in [2.75, 3.05) is 10.6 Å². The monoisotopic (exact) mass is 315 g/mol. The Kier molecular flexibility index (Phi) is 3.79. The van der Waals surface area contributed by atoms with Gasteiger partial charge in [0.2, 0.25) is 5.95 Å². The lowest BCUT2D eigenvalue weighted by atomic mass is 10.4. The lowest BCUT2D eigenvalue weighted by Crippen LogP contribution is -2.15. The summed E-state index contributed by atoms with van der Waals surface area (Å²) < 4.78 is 0. The van der Waals surface area contributed by atoms with Gasteiger partial charge in [0.05, 0.1) is 16.9 Å². The van der Waals surface area contributed by atoms with Crippen LogP contribution in [-0.2, 0) is 0 Å². The Balaban J connectivity index is 1.82. The standard InChI is InChI=1S/C13H13N7OS/c1-7-15-13(20-19-7)18-11(21)10-12(22-8(2)16-10)17-9-4-3-5-14-6-9/h3-6,17H,1-2H3,(H2,15,18,19,20,21). The summed E-state index contributed by atoms with van der Waals surface area (Å²) in [4.78, 5) is 24.7. The van der Waals surface area contributed by atoms with Crippen LogP contribution < -0.4 is 10.6 Å². The first-order valence-electron chi connectivity index (χ1n) is 6.46. The highest BCUT2D eigenvalue weighted by Crippen LogP contribution is 2.27. The number of aromatic nitrogens is 5. The van der Waals surface area contributed by atoms with Crippen molar-refractivity contribution in [1.29, 1.82) is 0 Å². The molecular weight excluding hydrogens is 302 g/mol. The van der Waals surface area contributed by atoms with Gasteiger partial charge >= 0.3 is 0 Å². The van der Waals surface area contributed by atoms with Gasteiger partial charge in [-0.15, -0.1) is 16.4 Å². The van der Waals surface area contributed by atoms with E-state index in [1.165, 1.54) is 11.3 Å². The Morgan fingerprint density at radius 3 is 2.86 bits per heavy atom. The number of rotatable bonds is 4. The summed E-state index contributed by atoms with van der Waals surface area (Å²) in [6.07, 6.45) is 3.36. The summed E-state index contributed by atoms with van der Waals surface area (Å²) in [7, 11) is 0. The van der Waals surface area contributed by atoms with E-state index < -0.39 is 0 Å². The average molecular weight is 315 g/mol. The van der Waals surface area contributed by atoms with Crippen molar-refractivity contribution in [3.05, 3.63) is 41.1 Å². The fraction of sp³-hybridized carbons (Fsp3) is 0.154. The van der Waals surface area contributed by atoms with Gasteiger partial charge in [-0.3, -0.25) is 20.2 Å². The van der Waals surface area contributed by atoms with Crippen molar-refractivity contribution < 1.29 is 4.79 Å². The SMILES string of the molecule is Cc1nc(NC(=O)c2nc(C)sc2Nc2cccnc2)n[nH]1. The van der Waals surface area contributed by atoms with E-state index in [1.54, 1.807) is 19.3 Å². The summed E-state index contributed by atoms with van der Waals surface area (Å²) in [5.41, 5.74) is 1.09. The highest BCUT2D eigenvalue weighted by Gasteiger charge is 2.18. The zero-order valence-corrected chi connectivity index (χ0v) is 12.7. The third-order valence-electron chi connectivity index (χ3n) is 2.69. The zero-order chi connectivity index (χ0) is 15.5. The molecule has 0 bridgehead atoms. The van der Waals surface area contributed by atoms with E-state index in [9.17, 15) is 4.79 Å². The first-order valence-corrected chi connectivity index (χ1v) is 7.28. The number of pyridine rings is 1. The molecule has 3 heterocycles. The molecule has 0 aliphatic carbocycles. The summed E-state index contributed by atoms with van der Waals surface area (Å²) >= 11 is 1.39. The predicted molar refractivity (Wildman–Crippen MR) is 83.4 cm³/mol. The molecule has 22 heavy (non-hydrogen) atoms. The van der Waals surface area contributed by atoms with Crippen LogP contribution in [0.4, 0.5) is 16.6 Å². The number of aromatic amines is 1. The molecule has 0 unspecified atom stereocenters. The average Bonchev–Trinajstić information content (AvgIpc) is 3.06. The Morgan fingerprint density at radius 1 is 1.32 bits per heavy atom. The van der Waals surface area contributed by atoms with Crippen LogP contribution in [0.3, 0.4) is 0 Å². The Labute approximate surface area is 130 Å². The van der Waals surface area contributed by atoms with Gasteiger partial charge in [-0.2, -0.15) is 4.98 Å². The number of thiazole rings is 1. The lowest BCUT2D eigenvalue weighted by Gasteiger charge is -2.05. The normalized spacial score (nSPS) is 10.5. The van der Waals surface area contributed by atoms with Gasteiger partial charge in [-0.05, 0) is 26.0 Å². The van der Waals surface area contributed by atoms with Gasteiger partial charge < -0.3 is 5.32 Å². The molecule has 0 saturated heterocycles. The van der Waals surface area contributed by atoms with Crippen molar-refractivity contribution >= 4 is 33.9 Å². The summed E-state index contributed by atoms with van der Waals surface area (Å²) in [5, 5.41) is 13.7. The van der Waals surface area contributed by atoms with Crippen molar-refractivity contribution in [1.82, 2.24) is 25.1 Å². The van der Waals surface area contributed by atoms with E-state index in [-0.39, 0.29) is 11.9 Å². The number of carbonyl (C=O) groups is 1. The molecule has 0 aromatic carbocycles. The van der Waals surface area contributed by atoms with Gasteiger partial charge in [0.1, 0.15) is 10.8 Å². The van der Waals surface area contributed by atoms with Crippen LogP contribution in [0.2, 0.25) is 0 Å². The minimum Gasteiger partial charge on any atom is -0.344 e. The molecule has 3 aromatic rings. The fourth-order valence-corrected chi connectivity index (χ4v) is 2.63. The van der Waals surface area contributed by atoms with E-state index >= 15 is 0 Å². The molecule has 3 N–H and O–H groups in total. The molecule has 3 aromatic heterocycles. The van der Waals surface area contributed by atoms with Crippen LogP contribution in [0, 0.1) is 13.8 Å². The maximum absolute atomic E-state index is 12.3. The number of amides is 1. The van der Waals surface area contributed by atoms with Crippen molar-refractivity contribution in [2.45, 2.75) is 13.8 Å². The van der Waals surface area contributed by atoms with Gasteiger partial charge in [0, 0.05) is 6.20 Å². The van der Waals surface area contributed by atoms with Crippen LogP contribution in [0.5, 0.6) is 0 Å². The van der Waals surface area contributed by atoms with Crippen LogP contribution >= 0.6 is 11.3 Å². The fourth-order valence-electron chi connectivity index (χ4n) is 1.79. The van der Waals surface area contributed by atoms with Gasteiger partial charge in [0.25, 0.3) is 5.91 Å². The second kappa shape index (κ2) is 5.90. The van der Waals surface area contributed by atoms with Crippen LogP contribution in [0.1, 0.15) is 21.3 Å². The Bertz CT molecular complexity index is 796. The van der Waals surface area contributed by atoms with E-state index in [2.05, 4.69) is 35.8 Å². The Morgan fingerprint density at radius 2 is 2.18 bits per heavy atom. The summed E-state index contributed by atoms with van der Waals surface area (Å²) in [5.74, 6) is 0.480. The topological polar surface area (TPSA) is 108 Å². The molecule has 8 nitrogen and oxygen atoms in total. The van der Waals surface area contributed by atoms with Crippen molar-refractivity contribution in [3.8, 4) is 0 Å². The number of hydrogen-bond acceptors (Lipinski definition) is 7. The lowest BCUT2D eigenvalue weighted by molar-refractivity contribution is 0.102. The highest BCUT2D eigenvalue weighted by atomic mass is 32.1. The van der Waals surface area contributed by atoms with Crippen LogP contribution in [0.15, 0.2) is 24.5 Å². The van der Waals surface area contributed by atoms with Crippen LogP contribution in [0.25, 0.3) is 0 Å². The van der Waals surface area contributed by atoms with Gasteiger partial charge in [0.15, 0.2) is 5.69 Å². The van der Waals surface area contributed by atoms with Crippen LogP contribution in [-0.4, -0.2) is 31.1 Å². The molecule has 0 saturated carbocycles. The molecule has 0 radical (unpaired) electrons. The third-order valence-corrected chi connectivity index (χ3v) is 3.58. The number of nitrogens with one attached hydrogen (secondary N) is 3. The highest BCUT2D eigenvalue weighted by molar-refractivity contribution is 7.16. The van der Waals surface area contributed by atoms with Gasteiger partial charge in [-0.25, -0.2) is 4.98 Å². The van der Waals surface area contributed by atoms with Crippen molar-refractivity contribution in [2.24, 2.45) is 0 Å². The van der Waals surface area contributed by atoms with E-state index in [1.807, 2.05) is 19.1 Å². The minimum absolute atomic E-state index is 0.223. The third kappa shape index (κ3) is 3.09. The van der Waals surface area contributed by atoms with Gasteiger partial charge in [-0.1, -0.05) is 0 Å². The van der Waals surface area contributed by atoms with E-state index in [0.717, 1.165) is 10.7 Å². The van der Waals surface area contributed by atoms with E-state index in [0.29, 0.717) is 16.5 Å². The molecule has 0 aliphatic rings. The molecule has 112 valence electrons. The smallest absolute Gasteiger partial charge is 0.279 e. The number of nitrogens with zero attached hydrogens (tertiary/aromatic N) is 4. The first-order chi connectivity index (χ1) is 10.6. The molecule has 3 rings (SSSR count). The zero-order valence-electron chi connectivity index (χ0n) is 11.9. The first kappa shape index (κ1) is 14.1. The molecule has 0 aliphatic heterocycles. The molecule has 1 amide bonds. The quantitative estimate of drug-likeness (QED) is 0.681. The van der Waals surface area contributed by atoms with Crippen molar-refractivity contribution in [3.63, 3.8) is 0 Å². The molecule has 0 fully saturated rings. The number of carbonyl (C=O) groups excluding carboxylic acids is 1. The summed E-state index contributed by atoms with van der Waals surface area (Å²) in [6, 6.07) is 3.68. The number of hydrogen-bond donors (Lipinski definition) is 3. The van der Waals surface area contributed by atoms with E-state index in [4.69, 9.17) is 0 Å². The second-order valence-corrected chi connectivity index (χ2v) is 5.68. The second-order valence-electron chi connectivity index (χ2n) is 4.48. The maximum Gasteiger partial charge on any atom is 0.279 e. The predicted octanol–water partition coefficient (Wildman–Crippen LogP) is 2.27. The largest absolute Gasteiger partial charge is 0.344 e. The molecule has 0 spiro atoms. The molecular formula is C13H13N7OS. The Hall–Kier alpha value is -2.81. The molecule has 0 atom stereocenters. The summed E-state index contributed by atoms with van der Waals surface area (Å²) in [6.45, 7) is 3.60. The number of aryl methyl sites for hydroxylation is 2.